The van der Waals surface area contributed by atoms with Crippen LogP contribution in [0.15, 0.2) is 54.6 Å². The summed E-state index contributed by atoms with van der Waals surface area (Å²) in [5, 5.41) is 27.5. The largest absolute Gasteiger partial charge is 0.508 e. The molecular formula is C49H73N11O12S. The summed E-state index contributed by atoms with van der Waals surface area (Å²) in [7, 11) is 0. The predicted octanol–water partition coefficient (Wildman–Crippen LogP) is -1.52. The Labute approximate surface area is 430 Å². The Kier molecular flexibility index (Phi) is 27.1. The van der Waals surface area contributed by atoms with Gasteiger partial charge >= 0.3 is 0 Å². The maximum Gasteiger partial charge on any atom is 0.246 e. The number of aromatic hydroxyl groups is 1. The second kappa shape index (κ2) is 32.0. The van der Waals surface area contributed by atoms with Gasteiger partial charge in [0.15, 0.2) is 0 Å². The zero-order valence-corrected chi connectivity index (χ0v) is 43.0. The number of nitrogens with one attached hydrogen (secondary N) is 7. The quantitative estimate of drug-likeness (QED) is 0.0363. The summed E-state index contributed by atoms with van der Waals surface area (Å²) in [6.07, 6.45) is -0.309. The fourth-order valence-electron chi connectivity index (χ4n) is 7.29. The average Bonchev–Trinajstić information content (AvgIpc) is 3.33. The monoisotopic (exact) mass is 1040 g/mol. The Morgan fingerprint density at radius 1 is 0.616 bits per heavy atom. The molecule has 0 heterocycles. The van der Waals surface area contributed by atoms with Crippen molar-refractivity contribution < 1.29 is 57.8 Å². The van der Waals surface area contributed by atoms with E-state index in [2.05, 4.69) is 49.8 Å². The Morgan fingerprint density at radius 2 is 1.21 bits per heavy atom. The number of carbonyl (C=O) groups excluding carboxylic acids is 11. The molecule has 7 atom stereocenters. The fraction of sp³-hybridized carbons (Fsp3) is 0.531. The van der Waals surface area contributed by atoms with Gasteiger partial charge < -0.3 is 64.4 Å². The Balaban J connectivity index is 2.42. The third kappa shape index (κ3) is 23.2. The van der Waals surface area contributed by atoms with Gasteiger partial charge in [0.2, 0.25) is 65.0 Å². The standard InChI is InChI=1S/C49H73N11O12S/c1-6-11-41(65)54-35(23-31-14-16-32(61)17-15-31)47(70)59-43(29(5)7-2)48(71)56-33(18-19-38(50)62)45(68)57-36(24-39(51)63)46(69)58-37(27-73)49(72)60(21-20-30-12-9-8-10-13-30)26-42(66)55-34(22-28(3)4)44(67)53-25-40(52)64/h8-10,12-17,28-29,33-37,43,61,73H,6-7,11,18-27H2,1-5H3,(H2,50,62)(H2,51,63)(H2,52,64)(H,53,67)(H,54,65)(H,55,66)(H,56,71)(H,57,68)(H,58,69)(H,59,70)/t29-,33-,34-,35-,36-,37+,43-/m0/s1. The van der Waals surface area contributed by atoms with Crippen molar-refractivity contribution in [1.82, 2.24) is 42.1 Å². The highest BCUT2D eigenvalue weighted by Gasteiger charge is 2.36. The van der Waals surface area contributed by atoms with E-state index in [0.29, 0.717) is 18.4 Å². The lowest BCUT2D eigenvalue weighted by Crippen LogP contribution is -2.61. The highest BCUT2D eigenvalue weighted by atomic mass is 32.1. The highest BCUT2D eigenvalue weighted by Crippen LogP contribution is 2.15. The van der Waals surface area contributed by atoms with Crippen molar-refractivity contribution in [2.45, 2.75) is 129 Å². The van der Waals surface area contributed by atoms with Gasteiger partial charge in [-0.1, -0.05) is 83.5 Å². The molecule has 2 aromatic carbocycles. The number of primary amides is 3. The molecule has 0 aliphatic rings. The van der Waals surface area contributed by atoms with Crippen molar-refractivity contribution in [2.24, 2.45) is 29.0 Å². The van der Waals surface area contributed by atoms with E-state index in [0.717, 1.165) is 10.5 Å². The topological polar surface area (TPSA) is 374 Å². The second-order valence-corrected chi connectivity index (χ2v) is 18.4. The molecule has 0 radical (unpaired) electrons. The number of benzene rings is 2. The number of rotatable bonds is 33. The highest BCUT2D eigenvalue weighted by molar-refractivity contribution is 7.80. The molecule has 23 nitrogen and oxygen atoms in total. The number of phenolic OH excluding ortho intramolecular Hbond substituents is 1. The second-order valence-electron chi connectivity index (χ2n) is 18.1. The number of hydrogen-bond acceptors (Lipinski definition) is 13. The van der Waals surface area contributed by atoms with Crippen LogP contribution in [0, 0.1) is 11.8 Å². The van der Waals surface area contributed by atoms with Gasteiger partial charge in [-0.15, -0.1) is 0 Å². The van der Waals surface area contributed by atoms with Gasteiger partial charge in [0.1, 0.15) is 42.0 Å². The molecule has 0 saturated heterocycles. The van der Waals surface area contributed by atoms with E-state index in [-0.39, 0.29) is 49.6 Å². The summed E-state index contributed by atoms with van der Waals surface area (Å²) in [5.74, 6) is -10.2. The van der Waals surface area contributed by atoms with Crippen LogP contribution in [0.5, 0.6) is 5.75 Å². The van der Waals surface area contributed by atoms with Crippen molar-refractivity contribution in [3.8, 4) is 5.75 Å². The van der Waals surface area contributed by atoms with Crippen LogP contribution in [-0.2, 0) is 65.6 Å². The van der Waals surface area contributed by atoms with Gasteiger partial charge in [0.25, 0.3) is 0 Å². The van der Waals surface area contributed by atoms with Crippen molar-refractivity contribution in [3.63, 3.8) is 0 Å². The molecule has 14 N–H and O–H groups in total. The van der Waals surface area contributed by atoms with Crippen LogP contribution >= 0.6 is 12.6 Å². The van der Waals surface area contributed by atoms with Gasteiger partial charge in [-0.05, 0) is 60.8 Å². The zero-order chi connectivity index (χ0) is 54.8. The molecule has 11 amide bonds. The van der Waals surface area contributed by atoms with Crippen LogP contribution in [0.3, 0.4) is 0 Å². The third-order valence-electron chi connectivity index (χ3n) is 11.4. The molecule has 0 spiro atoms. The van der Waals surface area contributed by atoms with Crippen LogP contribution in [0.2, 0.25) is 0 Å². The van der Waals surface area contributed by atoms with Crippen molar-refractivity contribution in [1.29, 1.82) is 0 Å². The number of amides is 11. The van der Waals surface area contributed by atoms with Gasteiger partial charge in [-0.25, -0.2) is 0 Å². The predicted molar refractivity (Wildman–Crippen MR) is 272 cm³/mol. The average molecular weight is 1040 g/mol. The third-order valence-corrected chi connectivity index (χ3v) is 11.8. The summed E-state index contributed by atoms with van der Waals surface area (Å²) in [6.45, 7) is 7.68. The van der Waals surface area contributed by atoms with Crippen molar-refractivity contribution >= 4 is 77.6 Å². The number of carbonyl (C=O) groups is 11. The van der Waals surface area contributed by atoms with E-state index < -0.39 is 139 Å². The van der Waals surface area contributed by atoms with Gasteiger partial charge in [0, 0.05) is 31.6 Å². The van der Waals surface area contributed by atoms with Crippen molar-refractivity contribution in [2.75, 3.05) is 25.4 Å². The number of thiol groups is 1. The first-order valence-corrected chi connectivity index (χ1v) is 24.8. The Hall–Kier alpha value is -7.24. The van der Waals surface area contributed by atoms with Crippen LogP contribution in [-0.4, -0.2) is 137 Å². The molecule has 0 bridgehead atoms. The first-order chi connectivity index (χ1) is 34.5. The van der Waals surface area contributed by atoms with E-state index in [1.807, 2.05) is 13.8 Å². The first kappa shape index (κ1) is 61.9. The van der Waals surface area contributed by atoms with Crippen LogP contribution in [0.25, 0.3) is 0 Å². The molecule has 0 aromatic heterocycles. The molecule has 2 aromatic rings. The summed E-state index contributed by atoms with van der Waals surface area (Å²) in [5.41, 5.74) is 17.5. The molecule has 2 rings (SSSR count). The minimum absolute atomic E-state index is 0.0101. The fourth-order valence-corrected chi connectivity index (χ4v) is 7.54. The summed E-state index contributed by atoms with van der Waals surface area (Å²) < 4.78 is 0. The number of nitrogens with two attached hydrogens (primary N) is 3. The molecule has 24 heteroatoms. The molecular weight excluding hydrogens is 967 g/mol. The lowest BCUT2D eigenvalue weighted by molar-refractivity contribution is -0.140. The smallest absolute Gasteiger partial charge is 0.246 e. The molecule has 0 fully saturated rings. The number of nitrogens with zero attached hydrogens (tertiary/aromatic N) is 1. The van der Waals surface area contributed by atoms with Gasteiger partial charge in [0.05, 0.1) is 19.5 Å². The lowest BCUT2D eigenvalue weighted by Gasteiger charge is -2.30. The van der Waals surface area contributed by atoms with E-state index in [1.54, 1.807) is 63.2 Å². The molecule has 402 valence electrons. The van der Waals surface area contributed by atoms with E-state index >= 15 is 0 Å². The van der Waals surface area contributed by atoms with Crippen LogP contribution in [0.1, 0.15) is 90.7 Å². The number of phenols is 1. The zero-order valence-electron chi connectivity index (χ0n) is 42.1. The Bertz CT molecular complexity index is 2220. The van der Waals surface area contributed by atoms with E-state index in [1.165, 1.54) is 12.1 Å². The summed E-state index contributed by atoms with van der Waals surface area (Å²) >= 11 is 4.29. The minimum Gasteiger partial charge on any atom is -0.508 e. The molecule has 0 saturated carbocycles. The molecule has 0 aliphatic heterocycles. The maximum atomic E-state index is 14.3. The molecule has 0 unspecified atom stereocenters. The first-order valence-electron chi connectivity index (χ1n) is 24.1. The van der Waals surface area contributed by atoms with E-state index in [9.17, 15) is 57.8 Å². The van der Waals surface area contributed by atoms with E-state index in [4.69, 9.17) is 17.2 Å². The summed E-state index contributed by atoms with van der Waals surface area (Å²) in [6, 6.07) is 6.47. The van der Waals surface area contributed by atoms with Crippen molar-refractivity contribution in [3.05, 3.63) is 65.7 Å². The maximum absolute atomic E-state index is 14.3. The normalized spacial score (nSPS) is 13.8. The number of hydrogen-bond donors (Lipinski definition) is 12. The minimum atomic E-state index is -1.78. The summed E-state index contributed by atoms with van der Waals surface area (Å²) in [4.78, 5) is 146. The van der Waals surface area contributed by atoms with Crippen LogP contribution in [0.4, 0.5) is 0 Å². The van der Waals surface area contributed by atoms with Gasteiger partial charge in [-0.3, -0.25) is 52.7 Å². The van der Waals surface area contributed by atoms with Gasteiger partial charge in [-0.2, -0.15) is 12.6 Å². The molecule has 0 aliphatic carbocycles. The SMILES string of the molecule is CCCC(=O)N[C@@H](Cc1ccc(O)cc1)C(=O)N[C@H](C(=O)N[C@@H](CCC(N)=O)C(=O)N[C@@H](CC(N)=O)C(=O)N[C@H](CS)C(=O)N(CCc1ccccc1)CC(=O)N[C@@H](CC(C)C)C(=O)NCC(N)=O)[C@@H](C)CC. The Morgan fingerprint density at radius 3 is 1.77 bits per heavy atom. The van der Waals surface area contributed by atoms with Crippen LogP contribution < -0.4 is 54.4 Å². The lowest BCUT2D eigenvalue weighted by atomic mass is 9.96. The molecule has 73 heavy (non-hydrogen) atoms.